The molecule has 0 atom stereocenters. The number of hydrogen-bond acceptors (Lipinski definition) is 5. The molecule has 0 aliphatic carbocycles. The van der Waals surface area contributed by atoms with Crippen LogP contribution >= 0.6 is 0 Å². The second-order valence-electron chi connectivity index (χ2n) is 6.82. The Hall–Kier alpha value is -3.76. The Morgan fingerprint density at radius 1 is 0.935 bits per heavy atom. The Bertz CT molecular complexity index is 1250. The number of rotatable bonds is 6. The normalized spacial score (nSPS) is 13.0. The van der Waals surface area contributed by atoms with E-state index in [9.17, 15) is 13.7 Å². The van der Waals surface area contributed by atoms with Gasteiger partial charge in [0.15, 0.2) is 11.5 Å². The summed E-state index contributed by atoms with van der Waals surface area (Å²) in [5.74, 6) is 1.08. The molecule has 1 aliphatic heterocycles. The van der Waals surface area contributed by atoms with E-state index in [0.717, 1.165) is 5.56 Å². The molecule has 1 heterocycles. The lowest BCUT2D eigenvalue weighted by atomic mass is 10.2. The van der Waals surface area contributed by atoms with Crippen molar-refractivity contribution in [1.29, 1.82) is 5.26 Å². The van der Waals surface area contributed by atoms with Crippen molar-refractivity contribution in [2.24, 2.45) is 0 Å². The third-order valence-corrected chi connectivity index (χ3v) is 6.54. The Kier molecular flexibility index (Phi) is 5.92. The number of anilines is 1. The first-order valence-electron chi connectivity index (χ1n) is 9.72. The molecule has 0 bridgehead atoms. The fourth-order valence-corrected chi connectivity index (χ4v) is 4.69. The van der Waals surface area contributed by atoms with Crippen molar-refractivity contribution in [1.82, 2.24) is 0 Å². The molecular formula is C24H20N2O4S. The van der Waals surface area contributed by atoms with E-state index in [1.54, 1.807) is 36.4 Å². The minimum absolute atomic E-state index is 0.0505. The van der Waals surface area contributed by atoms with Crippen LogP contribution in [0.5, 0.6) is 11.5 Å². The van der Waals surface area contributed by atoms with E-state index in [1.165, 1.54) is 16.4 Å². The molecule has 0 aromatic heterocycles. The van der Waals surface area contributed by atoms with Gasteiger partial charge in [-0.05, 0) is 35.9 Å². The lowest BCUT2D eigenvalue weighted by molar-refractivity contribution is 0.171. The summed E-state index contributed by atoms with van der Waals surface area (Å²) < 4.78 is 39.5. The third-order valence-electron chi connectivity index (χ3n) is 4.75. The average molecular weight is 433 g/mol. The fourth-order valence-electron chi connectivity index (χ4n) is 3.23. The van der Waals surface area contributed by atoms with Crippen LogP contribution in [0.25, 0.3) is 6.08 Å². The highest BCUT2D eigenvalue weighted by Crippen LogP contribution is 2.35. The minimum atomic E-state index is -3.93. The average Bonchev–Trinajstić information content (AvgIpc) is 2.82. The van der Waals surface area contributed by atoms with Crippen LogP contribution in [0.1, 0.15) is 11.1 Å². The van der Waals surface area contributed by atoms with Gasteiger partial charge in [-0.2, -0.15) is 5.26 Å². The van der Waals surface area contributed by atoms with E-state index in [2.05, 4.69) is 0 Å². The predicted molar refractivity (Wildman–Crippen MR) is 119 cm³/mol. The van der Waals surface area contributed by atoms with E-state index in [1.807, 2.05) is 42.5 Å². The van der Waals surface area contributed by atoms with E-state index in [-0.39, 0.29) is 17.0 Å². The molecule has 0 saturated carbocycles. The summed E-state index contributed by atoms with van der Waals surface area (Å²) in [5, 5.41) is 9.18. The maximum Gasteiger partial charge on any atom is 0.264 e. The van der Waals surface area contributed by atoms with Crippen LogP contribution in [0.3, 0.4) is 0 Å². The highest BCUT2D eigenvalue weighted by Gasteiger charge is 2.26. The maximum atomic E-state index is 13.5. The molecule has 6 nitrogen and oxygen atoms in total. The molecule has 0 fully saturated rings. The van der Waals surface area contributed by atoms with Crippen LogP contribution in [0.2, 0.25) is 0 Å². The molecule has 0 spiro atoms. The molecule has 3 aromatic carbocycles. The molecule has 31 heavy (non-hydrogen) atoms. The molecule has 0 saturated heterocycles. The van der Waals surface area contributed by atoms with Crippen molar-refractivity contribution in [3.05, 3.63) is 90.0 Å². The zero-order valence-electron chi connectivity index (χ0n) is 16.6. The number of hydrogen-bond donors (Lipinski definition) is 0. The second kappa shape index (κ2) is 8.94. The van der Waals surface area contributed by atoms with Crippen molar-refractivity contribution in [2.45, 2.75) is 4.90 Å². The van der Waals surface area contributed by atoms with E-state index in [4.69, 9.17) is 9.47 Å². The van der Waals surface area contributed by atoms with E-state index < -0.39 is 10.0 Å². The Morgan fingerprint density at radius 3 is 2.48 bits per heavy atom. The van der Waals surface area contributed by atoms with Gasteiger partial charge in [-0.1, -0.05) is 48.6 Å². The van der Waals surface area contributed by atoms with Crippen LogP contribution < -0.4 is 13.8 Å². The van der Waals surface area contributed by atoms with Crippen molar-refractivity contribution in [2.75, 3.05) is 24.1 Å². The number of nitriles is 1. The molecule has 3 aromatic rings. The van der Waals surface area contributed by atoms with E-state index >= 15 is 0 Å². The lowest BCUT2D eigenvalue weighted by Gasteiger charge is -2.25. The maximum absolute atomic E-state index is 13.5. The molecule has 0 N–H and O–H groups in total. The zero-order valence-corrected chi connectivity index (χ0v) is 17.5. The van der Waals surface area contributed by atoms with Gasteiger partial charge in [0.25, 0.3) is 10.0 Å². The number of benzene rings is 3. The Balaban J connectivity index is 1.73. The van der Waals surface area contributed by atoms with Crippen LogP contribution in [-0.2, 0) is 10.0 Å². The van der Waals surface area contributed by atoms with Crippen LogP contribution in [0.4, 0.5) is 5.69 Å². The minimum Gasteiger partial charge on any atom is -0.486 e. The summed E-state index contributed by atoms with van der Waals surface area (Å²) in [7, 11) is -3.93. The van der Waals surface area contributed by atoms with Crippen molar-refractivity contribution in [3.63, 3.8) is 0 Å². The van der Waals surface area contributed by atoms with Gasteiger partial charge in [0.2, 0.25) is 0 Å². The molecule has 156 valence electrons. The van der Waals surface area contributed by atoms with Crippen LogP contribution in [0, 0.1) is 11.3 Å². The third kappa shape index (κ3) is 4.55. The van der Waals surface area contributed by atoms with Gasteiger partial charge in [-0.15, -0.1) is 0 Å². The first-order valence-corrected chi connectivity index (χ1v) is 11.2. The highest BCUT2D eigenvalue weighted by atomic mass is 32.2. The van der Waals surface area contributed by atoms with Crippen molar-refractivity contribution in [3.8, 4) is 17.6 Å². The Morgan fingerprint density at radius 2 is 1.71 bits per heavy atom. The smallest absolute Gasteiger partial charge is 0.264 e. The first-order chi connectivity index (χ1) is 15.1. The standard InChI is InChI=1S/C24H20N2O4S/c25-18-20-8-4-10-22(16-20)31(27,28)26(13-5-9-19-6-2-1-3-7-19)21-11-12-23-24(17-21)30-15-14-29-23/h1-12,16-17H,13-15H2. The first kappa shape index (κ1) is 20.5. The van der Waals surface area contributed by atoms with Crippen molar-refractivity contribution >= 4 is 21.8 Å². The van der Waals surface area contributed by atoms with Gasteiger partial charge in [0, 0.05) is 6.07 Å². The largest absolute Gasteiger partial charge is 0.486 e. The molecule has 0 radical (unpaired) electrons. The van der Waals surface area contributed by atoms with Gasteiger partial charge >= 0.3 is 0 Å². The van der Waals surface area contributed by atoms with E-state index in [0.29, 0.717) is 30.4 Å². The molecular weight excluding hydrogens is 412 g/mol. The SMILES string of the molecule is N#Cc1cccc(S(=O)(=O)N(CC=Cc2ccccc2)c2ccc3c(c2)OCCO3)c1. The Labute approximate surface area is 181 Å². The summed E-state index contributed by atoms with van der Waals surface area (Å²) in [4.78, 5) is 0.0505. The van der Waals surface area contributed by atoms with Crippen molar-refractivity contribution < 1.29 is 17.9 Å². The van der Waals surface area contributed by atoms with Gasteiger partial charge in [-0.25, -0.2) is 8.42 Å². The number of nitrogens with zero attached hydrogens (tertiary/aromatic N) is 2. The summed E-state index contributed by atoms with van der Waals surface area (Å²) in [5.41, 5.74) is 1.70. The number of fused-ring (bicyclic) bond motifs is 1. The summed E-state index contributed by atoms with van der Waals surface area (Å²) in [6.45, 7) is 0.962. The monoisotopic (exact) mass is 432 g/mol. The lowest BCUT2D eigenvalue weighted by Crippen LogP contribution is -2.31. The second-order valence-corrected chi connectivity index (χ2v) is 8.68. The van der Waals surface area contributed by atoms with Crippen LogP contribution in [0.15, 0.2) is 83.8 Å². The molecule has 7 heteroatoms. The summed E-state index contributed by atoms with van der Waals surface area (Å²) in [6, 6.07) is 22.7. The zero-order chi connectivity index (χ0) is 21.7. The molecule has 0 unspecified atom stereocenters. The fraction of sp³-hybridized carbons (Fsp3) is 0.125. The van der Waals surface area contributed by atoms with Gasteiger partial charge < -0.3 is 9.47 Å². The van der Waals surface area contributed by atoms with Gasteiger partial charge in [0.1, 0.15) is 13.2 Å². The van der Waals surface area contributed by atoms with Gasteiger partial charge in [0.05, 0.1) is 28.8 Å². The quantitative estimate of drug-likeness (QED) is 0.582. The topological polar surface area (TPSA) is 79.6 Å². The molecule has 1 aliphatic rings. The predicted octanol–water partition coefficient (Wildman–Crippen LogP) is 4.24. The molecule has 0 amide bonds. The van der Waals surface area contributed by atoms with Crippen LogP contribution in [-0.4, -0.2) is 28.2 Å². The summed E-state index contributed by atoms with van der Waals surface area (Å²) in [6.07, 6.45) is 3.66. The molecule has 4 rings (SSSR count). The number of sulfonamides is 1. The number of ether oxygens (including phenoxy) is 2. The van der Waals surface area contributed by atoms with Gasteiger partial charge in [-0.3, -0.25) is 4.31 Å². The highest BCUT2D eigenvalue weighted by molar-refractivity contribution is 7.92. The summed E-state index contributed by atoms with van der Waals surface area (Å²) >= 11 is 0.